The predicted molar refractivity (Wildman–Crippen MR) is 105 cm³/mol. The molecule has 2 aliphatic heterocycles. The van der Waals surface area contributed by atoms with Gasteiger partial charge in [0, 0.05) is 37.8 Å². The number of aryl methyl sites for hydroxylation is 2. The Labute approximate surface area is 161 Å². The van der Waals surface area contributed by atoms with E-state index in [1.54, 1.807) is 0 Å². The Morgan fingerprint density at radius 2 is 1.96 bits per heavy atom. The molecule has 1 aromatic heterocycles. The topological polar surface area (TPSA) is 81.3 Å². The van der Waals surface area contributed by atoms with Gasteiger partial charge in [-0.1, -0.05) is 0 Å². The first-order valence-corrected chi connectivity index (χ1v) is 10.2. The summed E-state index contributed by atoms with van der Waals surface area (Å²) in [7, 11) is 2.16. The molecule has 7 heteroatoms. The molecule has 0 bridgehead atoms. The summed E-state index contributed by atoms with van der Waals surface area (Å²) in [6, 6.07) is 0.00687. The van der Waals surface area contributed by atoms with Gasteiger partial charge >= 0.3 is 0 Å². The van der Waals surface area contributed by atoms with Gasteiger partial charge in [-0.25, -0.2) is 4.98 Å². The first kappa shape index (κ1) is 19.9. The van der Waals surface area contributed by atoms with Gasteiger partial charge in [-0.15, -0.1) is 0 Å². The average Bonchev–Trinajstić information content (AvgIpc) is 2.98. The van der Waals surface area contributed by atoms with Gasteiger partial charge in [-0.2, -0.15) is 0 Å². The molecular weight excluding hydrogens is 342 g/mol. The van der Waals surface area contributed by atoms with E-state index in [-0.39, 0.29) is 17.9 Å². The lowest BCUT2D eigenvalue weighted by Gasteiger charge is -2.34. The smallest absolute Gasteiger partial charge is 0.272 e. The minimum absolute atomic E-state index is 0.00687. The monoisotopic (exact) mass is 375 g/mol. The molecule has 0 spiro atoms. The first-order valence-electron chi connectivity index (χ1n) is 10.2. The molecule has 2 fully saturated rings. The van der Waals surface area contributed by atoms with Crippen LogP contribution in [0.1, 0.15) is 60.5 Å². The first-order chi connectivity index (χ1) is 12.9. The van der Waals surface area contributed by atoms with Crippen LogP contribution in [0.3, 0.4) is 0 Å². The number of carbonyl (C=O) groups excluding carboxylic acids is 2. The number of hydrogen-bond donors (Lipinski definition) is 2. The van der Waals surface area contributed by atoms with E-state index >= 15 is 0 Å². The minimum Gasteiger partial charge on any atom is -0.346 e. The van der Waals surface area contributed by atoms with Gasteiger partial charge in [0.25, 0.3) is 5.91 Å². The number of aromatic nitrogens is 2. The lowest BCUT2D eigenvalue weighted by Crippen LogP contribution is -2.49. The lowest BCUT2D eigenvalue weighted by atomic mass is 9.93. The number of hydrogen-bond acceptors (Lipinski definition) is 4. The van der Waals surface area contributed by atoms with E-state index in [0.717, 1.165) is 43.9 Å². The van der Waals surface area contributed by atoms with Crippen LogP contribution in [0.4, 0.5) is 0 Å². The molecular formula is C20H33N5O2. The van der Waals surface area contributed by atoms with Crippen molar-refractivity contribution in [1.29, 1.82) is 0 Å². The van der Waals surface area contributed by atoms with Crippen LogP contribution in [0.5, 0.6) is 0 Å². The molecule has 27 heavy (non-hydrogen) atoms. The summed E-state index contributed by atoms with van der Waals surface area (Å²) < 4.78 is 0. The van der Waals surface area contributed by atoms with Crippen LogP contribution in [0.2, 0.25) is 0 Å². The van der Waals surface area contributed by atoms with Gasteiger partial charge in [0.1, 0.15) is 11.5 Å². The van der Waals surface area contributed by atoms with Gasteiger partial charge in [0.05, 0.1) is 0 Å². The fourth-order valence-corrected chi connectivity index (χ4v) is 4.40. The minimum atomic E-state index is -0.151. The summed E-state index contributed by atoms with van der Waals surface area (Å²) >= 11 is 0. The average molecular weight is 376 g/mol. The third-order valence-corrected chi connectivity index (χ3v) is 5.82. The van der Waals surface area contributed by atoms with Crippen molar-refractivity contribution < 1.29 is 9.59 Å². The lowest BCUT2D eigenvalue weighted by molar-refractivity contribution is -0.132. The zero-order valence-corrected chi connectivity index (χ0v) is 16.9. The molecule has 2 aliphatic rings. The maximum Gasteiger partial charge on any atom is 0.272 e. The van der Waals surface area contributed by atoms with E-state index in [0.29, 0.717) is 24.6 Å². The normalized spacial score (nSPS) is 24.0. The molecule has 150 valence electrons. The van der Waals surface area contributed by atoms with Gasteiger partial charge in [0.15, 0.2) is 0 Å². The number of aromatic amines is 1. The van der Waals surface area contributed by atoms with Crippen molar-refractivity contribution in [3.05, 3.63) is 17.2 Å². The van der Waals surface area contributed by atoms with E-state index in [1.807, 2.05) is 18.7 Å². The summed E-state index contributed by atoms with van der Waals surface area (Å²) in [6.07, 6.45) is 5.91. The van der Waals surface area contributed by atoms with Gasteiger partial charge in [-0.05, 0) is 65.5 Å². The quantitative estimate of drug-likeness (QED) is 0.823. The Kier molecular flexibility index (Phi) is 6.52. The number of nitrogens with one attached hydrogen (secondary N) is 2. The third-order valence-electron chi connectivity index (χ3n) is 5.82. The number of H-pyrrole nitrogens is 1. The molecule has 0 radical (unpaired) electrons. The van der Waals surface area contributed by atoms with Crippen LogP contribution < -0.4 is 5.32 Å². The van der Waals surface area contributed by atoms with E-state index in [1.165, 1.54) is 19.4 Å². The van der Waals surface area contributed by atoms with Crippen molar-refractivity contribution in [3.63, 3.8) is 0 Å². The van der Waals surface area contributed by atoms with E-state index in [9.17, 15) is 9.59 Å². The van der Waals surface area contributed by atoms with Crippen LogP contribution in [0.15, 0.2) is 0 Å². The molecule has 3 heterocycles. The number of piperidine rings is 2. The Morgan fingerprint density at radius 3 is 2.67 bits per heavy atom. The number of amides is 2. The predicted octanol–water partition coefficient (Wildman–Crippen LogP) is 1.87. The largest absolute Gasteiger partial charge is 0.346 e. The molecule has 2 amide bonds. The second-order valence-electron chi connectivity index (χ2n) is 8.26. The highest BCUT2D eigenvalue weighted by Crippen LogP contribution is 2.21. The molecule has 0 aromatic carbocycles. The Balaban J connectivity index is 1.47. The van der Waals surface area contributed by atoms with E-state index < -0.39 is 0 Å². The Morgan fingerprint density at radius 1 is 1.19 bits per heavy atom. The summed E-state index contributed by atoms with van der Waals surface area (Å²) in [5.74, 6) is 1.46. The van der Waals surface area contributed by atoms with Crippen molar-refractivity contribution in [2.45, 2.75) is 58.4 Å². The summed E-state index contributed by atoms with van der Waals surface area (Å²) in [6.45, 7) is 7.39. The maximum absolute atomic E-state index is 12.7. The molecule has 2 saturated heterocycles. The number of carbonyl (C=O) groups is 2. The molecule has 3 rings (SSSR count). The van der Waals surface area contributed by atoms with Crippen molar-refractivity contribution in [1.82, 2.24) is 25.1 Å². The number of nitrogens with zero attached hydrogens (tertiary/aromatic N) is 3. The van der Waals surface area contributed by atoms with Crippen LogP contribution in [0.25, 0.3) is 0 Å². The SMILES string of the molecule is Cc1nc(C(=O)N[C@H]2CCCN(C(=O)CCC3CCCN(C)C3)C2)c(C)[nH]1. The van der Waals surface area contributed by atoms with Crippen molar-refractivity contribution in [2.75, 3.05) is 33.2 Å². The molecule has 7 nitrogen and oxygen atoms in total. The second kappa shape index (κ2) is 8.87. The Bertz CT molecular complexity index is 671. The van der Waals surface area contributed by atoms with Gasteiger partial charge in [0.2, 0.25) is 5.91 Å². The zero-order chi connectivity index (χ0) is 19.4. The number of likely N-dealkylation sites (tertiary alicyclic amines) is 2. The standard InChI is InChI=1S/C20H33N5O2/c1-14-19(22-15(2)21-14)20(27)23-17-7-5-11-25(13-17)18(26)9-8-16-6-4-10-24(3)12-16/h16-17H,4-13H2,1-3H3,(H,21,22)(H,23,27)/t16?,17-/m0/s1. The highest BCUT2D eigenvalue weighted by atomic mass is 16.2. The van der Waals surface area contributed by atoms with Crippen LogP contribution in [0, 0.1) is 19.8 Å². The molecule has 2 N–H and O–H groups in total. The van der Waals surface area contributed by atoms with Crippen molar-refractivity contribution in [3.8, 4) is 0 Å². The summed E-state index contributed by atoms with van der Waals surface area (Å²) in [5.41, 5.74) is 1.24. The highest BCUT2D eigenvalue weighted by molar-refractivity contribution is 5.93. The zero-order valence-electron chi connectivity index (χ0n) is 16.9. The number of rotatable bonds is 5. The van der Waals surface area contributed by atoms with Crippen LogP contribution in [-0.2, 0) is 4.79 Å². The summed E-state index contributed by atoms with van der Waals surface area (Å²) in [4.78, 5) is 36.8. The van der Waals surface area contributed by atoms with E-state index in [4.69, 9.17) is 0 Å². The molecule has 0 aliphatic carbocycles. The third kappa shape index (κ3) is 5.31. The van der Waals surface area contributed by atoms with Crippen LogP contribution in [-0.4, -0.2) is 70.9 Å². The molecule has 1 aromatic rings. The van der Waals surface area contributed by atoms with Gasteiger partial charge < -0.3 is 20.1 Å². The van der Waals surface area contributed by atoms with Crippen LogP contribution >= 0.6 is 0 Å². The van der Waals surface area contributed by atoms with Crippen molar-refractivity contribution >= 4 is 11.8 Å². The second-order valence-corrected chi connectivity index (χ2v) is 8.26. The molecule has 0 saturated carbocycles. The Hall–Kier alpha value is -1.89. The van der Waals surface area contributed by atoms with Crippen molar-refractivity contribution in [2.24, 2.45) is 5.92 Å². The molecule has 1 unspecified atom stereocenters. The highest BCUT2D eigenvalue weighted by Gasteiger charge is 2.27. The fraction of sp³-hybridized carbons (Fsp3) is 0.750. The summed E-state index contributed by atoms with van der Waals surface area (Å²) in [5, 5.41) is 3.06. The van der Waals surface area contributed by atoms with E-state index in [2.05, 4.69) is 27.2 Å². The van der Waals surface area contributed by atoms with Gasteiger partial charge in [-0.3, -0.25) is 9.59 Å². The fourth-order valence-electron chi connectivity index (χ4n) is 4.40. The molecule has 2 atom stereocenters. The number of imidazole rings is 1. The maximum atomic E-state index is 12.7.